The van der Waals surface area contributed by atoms with Crippen molar-refractivity contribution in [1.29, 1.82) is 0 Å². The van der Waals surface area contributed by atoms with E-state index in [2.05, 4.69) is 0 Å². The Bertz CT molecular complexity index is 805. The van der Waals surface area contributed by atoms with Crippen molar-refractivity contribution in [3.05, 3.63) is 23.8 Å². The Morgan fingerprint density at radius 3 is 2.64 bits per heavy atom. The quantitative estimate of drug-likeness (QED) is 0.667. The van der Waals surface area contributed by atoms with Crippen molar-refractivity contribution in [2.75, 3.05) is 6.61 Å². The molecule has 3 saturated carbocycles. The number of hydrogen-bond acceptors (Lipinski definition) is 5. The maximum atomic E-state index is 16.9. The Kier molecular flexibility index (Phi) is 4.15. The molecule has 0 saturated heterocycles. The molecule has 0 aromatic heterocycles. The van der Waals surface area contributed by atoms with Gasteiger partial charge >= 0.3 is 0 Å². The van der Waals surface area contributed by atoms with Gasteiger partial charge in [0.05, 0.1) is 6.10 Å². The van der Waals surface area contributed by atoms with Crippen LogP contribution in [-0.2, 0) is 9.59 Å². The lowest BCUT2D eigenvalue weighted by molar-refractivity contribution is -0.219. The maximum absolute atomic E-state index is 16.9. The Morgan fingerprint density at radius 1 is 1.32 bits per heavy atom. The van der Waals surface area contributed by atoms with Crippen LogP contribution in [0.4, 0.5) is 4.39 Å². The molecule has 154 valence electrons. The van der Waals surface area contributed by atoms with Crippen molar-refractivity contribution in [2.45, 2.75) is 63.8 Å². The number of carbonyl (C=O) groups excluding carboxylic acids is 2. The molecular formula is C22H29FO5. The van der Waals surface area contributed by atoms with Crippen molar-refractivity contribution < 1.29 is 29.3 Å². The smallest absolute Gasteiger partial charge is 0.190 e. The summed E-state index contributed by atoms with van der Waals surface area (Å²) in [5.41, 5.74) is -5.17. The number of hydrogen-bond donors (Lipinski definition) is 3. The molecular weight excluding hydrogens is 363 g/mol. The van der Waals surface area contributed by atoms with Gasteiger partial charge in [0.25, 0.3) is 0 Å². The summed E-state index contributed by atoms with van der Waals surface area (Å²) in [6.07, 6.45) is 4.44. The van der Waals surface area contributed by atoms with Gasteiger partial charge in [0.15, 0.2) is 17.2 Å². The molecule has 5 nitrogen and oxygen atoms in total. The van der Waals surface area contributed by atoms with E-state index in [0.717, 1.165) is 0 Å². The van der Waals surface area contributed by atoms with Crippen LogP contribution in [0.5, 0.6) is 0 Å². The number of allylic oxidation sites excluding steroid dienone is 4. The third-order valence-corrected chi connectivity index (χ3v) is 8.79. The lowest BCUT2D eigenvalue weighted by atomic mass is 9.44. The topological polar surface area (TPSA) is 94.8 Å². The van der Waals surface area contributed by atoms with E-state index in [-0.39, 0.29) is 18.1 Å². The summed E-state index contributed by atoms with van der Waals surface area (Å²) in [4.78, 5) is 24.4. The van der Waals surface area contributed by atoms with Crippen LogP contribution in [0.25, 0.3) is 0 Å². The number of halogens is 1. The van der Waals surface area contributed by atoms with Crippen molar-refractivity contribution >= 4 is 11.6 Å². The summed E-state index contributed by atoms with van der Waals surface area (Å²) in [5.74, 6) is -2.12. The minimum absolute atomic E-state index is 0.0676. The van der Waals surface area contributed by atoms with E-state index in [1.807, 2.05) is 0 Å². The van der Waals surface area contributed by atoms with Gasteiger partial charge in [-0.05, 0) is 56.6 Å². The standard InChI is InChI=1S/C22H29FO5/c1-12-8-16-15-5-4-13-9-14(25)6-7-19(13,2)21(15,23)17(26)10-20(16,3)22(12,28)18(27)11-24/h6-7,9,12,15-17,24,26,28H,4-5,8,10-11H2,1-3H3/t12-,15-,16+,17+,19+,20+,21-,22+/m1/s1. The SMILES string of the molecule is C[C@@H]1C[C@H]2[C@H]3CCC4=CC(=O)C=C[C@]4(C)[C@]3(F)[C@@H](O)C[C@]2(C)[C@@]1(O)C(=O)CO. The first-order valence-electron chi connectivity index (χ1n) is 10.1. The Balaban J connectivity index is 1.84. The summed E-state index contributed by atoms with van der Waals surface area (Å²) in [5, 5.41) is 32.0. The fourth-order valence-electron chi connectivity index (χ4n) is 7.26. The Labute approximate surface area is 164 Å². The molecule has 4 aliphatic rings. The van der Waals surface area contributed by atoms with Crippen LogP contribution in [0.3, 0.4) is 0 Å². The molecule has 4 aliphatic carbocycles. The summed E-state index contributed by atoms with van der Waals surface area (Å²) in [6, 6.07) is 0. The van der Waals surface area contributed by atoms with E-state index < -0.39 is 52.4 Å². The van der Waals surface area contributed by atoms with Crippen LogP contribution >= 0.6 is 0 Å². The van der Waals surface area contributed by atoms with Gasteiger partial charge in [-0.25, -0.2) is 4.39 Å². The van der Waals surface area contributed by atoms with Crippen molar-refractivity contribution in [1.82, 2.24) is 0 Å². The highest BCUT2D eigenvalue weighted by molar-refractivity contribution is 6.01. The molecule has 0 spiro atoms. The molecule has 8 atom stereocenters. The molecule has 0 radical (unpaired) electrons. The summed E-state index contributed by atoms with van der Waals surface area (Å²) >= 11 is 0. The summed E-state index contributed by atoms with van der Waals surface area (Å²) in [6.45, 7) is 4.48. The fraction of sp³-hybridized carbons (Fsp3) is 0.727. The highest BCUT2D eigenvalue weighted by Gasteiger charge is 2.75. The van der Waals surface area contributed by atoms with E-state index in [1.165, 1.54) is 12.2 Å². The number of rotatable bonds is 2. The van der Waals surface area contributed by atoms with Crippen LogP contribution in [0.15, 0.2) is 23.8 Å². The molecule has 6 heteroatoms. The van der Waals surface area contributed by atoms with Crippen molar-refractivity contribution in [2.24, 2.45) is 28.6 Å². The molecule has 3 fully saturated rings. The molecule has 0 amide bonds. The molecule has 0 heterocycles. The molecule has 0 aromatic carbocycles. The number of alkyl halides is 1. The molecule has 28 heavy (non-hydrogen) atoms. The zero-order chi connectivity index (χ0) is 20.7. The van der Waals surface area contributed by atoms with Crippen molar-refractivity contribution in [3.63, 3.8) is 0 Å². The third-order valence-electron chi connectivity index (χ3n) is 8.79. The predicted octanol–water partition coefficient (Wildman–Crippen LogP) is 1.90. The number of Topliss-reactive ketones (excluding diaryl/α,β-unsaturated/α-hetero) is 1. The first-order chi connectivity index (χ1) is 13.0. The fourth-order valence-corrected chi connectivity index (χ4v) is 7.26. The van der Waals surface area contributed by atoms with Crippen LogP contribution < -0.4 is 0 Å². The van der Waals surface area contributed by atoms with Crippen LogP contribution in [0.2, 0.25) is 0 Å². The van der Waals surface area contributed by atoms with Gasteiger partial charge in [-0.1, -0.05) is 25.5 Å². The zero-order valence-corrected chi connectivity index (χ0v) is 16.6. The average molecular weight is 392 g/mol. The van der Waals surface area contributed by atoms with Crippen LogP contribution in [0.1, 0.15) is 46.5 Å². The van der Waals surface area contributed by atoms with Crippen LogP contribution in [0, 0.1) is 28.6 Å². The minimum atomic E-state index is -1.98. The third kappa shape index (κ3) is 2.01. The predicted molar refractivity (Wildman–Crippen MR) is 99.9 cm³/mol. The van der Waals surface area contributed by atoms with Gasteiger partial charge in [0.2, 0.25) is 0 Å². The Hall–Kier alpha value is -1.37. The highest BCUT2D eigenvalue weighted by atomic mass is 19.1. The first kappa shape index (κ1) is 19.9. The number of carbonyl (C=O) groups is 2. The number of aliphatic hydroxyl groups excluding tert-OH is 2. The second-order valence-electron chi connectivity index (χ2n) is 9.75. The van der Waals surface area contributed by atoms with E-state index >= 15 is 4.39 Å². The monoisotopic (exact) mass is 392 g/mol. The summed E-state index contributed by atoms with van der Waals surface area (Å²) in [7, 11) is 0. The molecule has 4 rings (SSSR count). The van der Waals surface area contributed by atoms with E-state index in [4.69, 9.17) is 0 Å². The van der Waals surface area contributed by atoms with Gasteiger partial charge in [-0.15, -0.1) is 0 Å². The number of ketones is 2. The van der Waals surface area contributed by atoms with Gasteiger partial charge in [0.1, 0.15) is 12.2 Å². The van der Waals surface area contributed by atoms with E-state index in [0.29, 0.717) is 24.8 Å². The molecule has 0 aromatic rings. The van der Waals surface area contributed by atoms with E-state index in [9.17, 15) is 24.9 Å². The van der Waals surface area contributed by atoms with Crippen molar-refractivity contribution in [3.8, 4) is 0 Å². The van der Waals surface area contributed by atoms with Gasteiger partial charge in [-0.2, -0.15) is 0 Å². The Morgan fingerprint density at radius 2 is 2.00 bits per heavy atom. The molecule has 0 unspecified atom stereocenters. The minimum Gasteiger partial charge on any atom is -0.390 e. The molecule has 0 bridgehead atoms. The van der Waals surface area contributed by atoms with Gasteiger partial charge in [-0.3, -0.25) is 9.59 Å². The highest BCUT2D eigenvalue weighted by Crippen LogP contribution is 2.70. The largest absolute Gasteiger partial charge is 0.390 e. The lowest BCUT2D eigenvalue weighted by Crippen LogP contribution is -2.69. The molecule has 3 N–H and O–H groups in total. The van der Waals surface area contributed by atoms with Crippen LogP contribution in [-0.4, -0.2) is 50.9 Å². The average Bonchev–Trinajstić information content (AvgIpc) is 2.84. The lowest BCUT2D eigenvalue weighted by Gasteiger charge is -2.62. The molecule has 0 aliphatic heterocycles. The second-order valence-corrected chi connectivity index (χ2v) is 9.75. The van der Waals surface area contributed by atoms with E-state index in [1.54, 1.807) is 26.8 Å². The normalized spacial score (nSPS) is 52.5. The summed E-state index contributed by atoms with van der Waals surface area (Å²) < 4.78 is 16.9. The van der Waals surface area contributed by atoms with Gasteiger partial charge < -0.3 is 15.3 Å². The maximum Gasteiger partial charge on any atom is 0.190 e. The van der Waals surface area contributed by atoms with Gasteiger partial charge in [0, 0.05) is 16.7 Å². The number of aliphatic hydroxyl groups is 3. The first-order valence-corrected chi connectivity index (χ1v) is 10.1. The second kappa shape index (κ2) is 5.83. The number of fused-ring (bicyclic) bond motifs is 5. The zero-order valence-electron chi connectivity index (χ0n) is 16.6.